The lowest BCUT2D eigenvalue weighted by Gasteiger charge is -1.78. The maximum Gasteiger partial charge on any atom is 0.0650 e. The molecule has 0 amide bonds. The first-order valence-electron chi connectivity index (χ1n) is 5.04. The predicted octanol–water partition coefficient (Wildman–Crippen LogP) is 6.01. The summed E-state index contributed by atoms with van der Waals surface area (Å²) >= 11 is 7.80. The maximum absolute atomic E-state index is 2.32. The molecule has 16 heavy (non-hydrogen) atoms. The molecular formula is C12H8S4. The SMILES string of the molecule is Cc1cc2sc3c4sc(C)cc4sc3c2s1. The van der Waals surface area contributed by atoms with Crippen LogP contribution in [0.25, 0.3) is 28.2 Å². The molecule has 0 N–H and O–H groups in total. The van der Waals surface area contributed by atoms with Crippen LogP contribution in [-0.2, 0) is 0 Å². The normalized spacial score (nSPS) is 12.4. The van der Waals surface area contributed by atoms with Crippen molar-refractivity contribution in [2.75, 3.05) is 0 Å². The van der Waals surface area contributed by atoms with E-state index in [0.717, 1.165) is 0 Å². The first kappa shape index (κ1) is 9.59. The Morgan fingerprint density at radius 2 is 1.06 bits per heavy atom. The Morgan fingerprint density at radius 1 is 0.625 bits per heavy atom. The van der Waals surface area contributed by atoms with E-state index in [4.69, 9.17) is 0 Å². The third-order valence-corrected chi connectivity index (χ3v) is 7.78. The van der Waals surface area contributed by atoms with Gasteiger partial charge in [-0.1, -0.05) is 0 Å². The third-order valence-electron chi connectivity index (χ3n) is 2.69. The average Bonchev–Trinajstić information content (AvgIpc) is 2.85. The van der Waals surface area contributed by atoms with Crippen molar-refractivity contribution in [3.63, 3.8) is 0 Å². The van der Waals surface area contributed by atoms with Gasteiger partial charge < -0.3 is 0 Å². The zero-order valence-electron chi connectivity index (χ0n) is 8.79. The van der Waals surface area contributed by atoms with Gasteiger partial charge in [-0.15, -0.1) is 45.3 Å². The molecule has 4 heteroatoms. The molecule has 0 spiro atoms. The van der Waals surface area contributed by atoms with E-state index in [0.29, 0.717) is 0 Å². The molecule has 0 radical (unpaired) electrons. The van der Waals surface area contributed by atoms with E-state index in [9.17, 15) is 0 Å². The van der Waals surface area contributed by atoms with Crippen LogP contribution in [0.5, 0.6) is 0 Å². The van der Waals surface area contributed by atoms with Gasteiger partial charge in [0.1, 0.15) is 0 Å². The van der Waals surface area contributed by atoms with Crippen LogP contribution in [-0.4, -0.2) is 0 Å². The minimum Gasteiger partial charge on any atom is -0.138 e. The summed E-state index contributed by atoms with van der Waals surface area (Å²) in [5.41, 5.74) is 0. The van der Waals surface area contributed by atoms with Crippen LogP contribution in [0.15, 0.2) is 12.1 Å². The van der Waals surface area contributed by atoms with E-state index in [-0.39, 0.29) is 0 Å². The first-order chi connectivity index (χ1) is 7.72. The molecule has 0 atom stereocenters. The number of rotatable bonds is 0. The molecule has 0 fully saturated rings. The highest BCUT2D eigenvalue weighted by molar-refractivity contribution is 7.44. The molecule has 4 aromatic rings. The van der Waals surface area contributed by atoms with Gasteiger partial charge in [0.15, 0.2) is 0 Å². The standard InChI is InChI=1S/C12H8S4/c1-5-3-7-9(13-5)11-12(15-7)10-8(16-11)4-6(2)14-10/h3-4H,1-2H3. The Morgan fingerprint density at radius 3 is 1.50 bits per heavy atom. The van der Waals surface area contributed by atoms with Crippen molar-refractivity contribution in [2.24, 2.45) is 0 Å². The van der Waals surface area contributed by atoms with Crippen LogP contribution in [0, 0.1) is 13.8 Å². The van der Waals surface area contributed by atoms with Crippen molar-refractivity contribution >= 4 is 73.5 Å². The average molecular weight is 280 g/mol. The summed E-state index contributed by atoms with van der Waals surface area (Å²) in [7, 11) is 0. The molecule has 0 aliphatic rings. The molecule has 0 aliphatic carbocycles. The van der Waals surface area contributed by atoms with E-state index in [1.807, 2.05) is 45.3 Å². The highest BCUT2D eigenvalue weighted by Crippen LogP contribution is 2.49. The summed E-state index contributed by atoms with van der Waals surface area (Å²) in [6.45, 7) is 4.40. The lowest BCUT2D eigenvalue weighted by atomic mass is 10.4. The zero-order chi connectivity index (χ0) is 10.9. The molecule has 80 valence electrons. The van der Waals surface area contributed by atoms with Crippen molar-refractivity contribution in [2.45, 2.75) is 13.8 Å². The Kier molecular flexibility index (Phi) is 1.84. The first-order valence-corrected chi connectivity index (χ1v) is 8.30. The van der Waals surface area contributed by atoms with Crippen molar-refractivity contribution in [1.29, 1.82) is 0 Å². The molecule has 0 aromatic carbocycles. The molecule has 4 aromatic heterocycles. The van der Waals surface area contributed by atoms with Crippen molar-refractivity contribution in [1.82, 2.24) is 0 Å². The van der Waals surface area contributed by atoms with Gasteiger partial charge in [-0.3, -0.25) is 0 Å². The fourth-order valence-corrected chi connectivity index (χ4v) is 7.52. The molecule has 0 unspecified atom stereocenters. The molecule has 4 rings (SSSR count). The lowest BCUT2D eigenvalue weighted by Crippen LogP contribution is -1.48. The third kappa shape index (κ3) is 1.13. The van der Waals surface area contributed by atoms with E-state index in [1.165, 1.54) is 38.0 Å². The van der Waals surface area contributed by atoms with Crippen molar-refractivity contribution in [3.8, 4) is 0 Å². The summed E-state index contributed by atoms with van der Waals surface area (Å²) in [5.74, 6) is 0. The van der Waals surface area contributed by atoms with Gasteiger partial charge >= 0.3 is 0 Å². The van der Waals surface area contributed by atoms with Gasteiger partial charge in [0.2, 0.25) is 0 Å². The van der Waals surface area contributed by atoms with Gasteiger partial charge in [0.05, 0.1) is 18.8 Å². The molecular weight excluding hydrogens is 272 g/mol. The van der Waals surface area contributed by atoms with Gasteiger partial charge in [-0.25, -0.2) is 0 Å². The molecule has 0 nitrogen and oxygen atoms in total. The quantitative estimate of drug-likeness (QED) is 0.370. The van der Waals surface area contributed by atoms with Crippen LogP contribution in [0.4, 0.5) is 0 Å². The van der Waals surface area contributed by atoms with Gasteiger partial charge in [-0.05, 0) is 26.0 Å². The lowest BCUT2D eigenvalue weighted by molar-refractivity contribution is 1.66. The van der Waals surface area contributed by atoms with Crippen LogP contribution in [0.2, 0.25) is 0 Å². The minimum absolute atomic E-state index is 1.43. The van der Waals surface area contributed by atoms with E-state index in [1.54, 1.807) is 0 Å². The van der Waals surface area contributed by atoms with Gasteiger partial charge in [0.25, 0.3) is 0 Å². The zero-order valence-corrected chi connectivity index (χ0v) is 12.1. The van der Waals surface area contributed by atoms with Crippen LogP contribution in [0.3, 0.4) is 0 Å². The van der Waals surface area contributed by atoms with Crippen molar-refractivity contribution in [3.05, 3.63) is 21.9 Å². The van der Waals surface area contributed by atoms with Crippen LogP contribution in [0.1, 0.15) is 9.75 Å². The number of thiophene rings is 4. The van der Waals surface area contributed by atoms with Crippen LogP contribution < -0.4 is 0 Å². The Balaban J connectivity index is 2.28. The second-order valence-electron chi connectivity index (χ2n) is 3.96. The number of aryl methyl sites for hydroxylation is 2. The number of fused-ring (bicyclic) bond motifs is 5. The Labute approximate surface area is 109 Å². The van der Waals surface area contributed by atoms with Crippen molar-refractivity contribution < 1.29 is 0 Å². The van der Waals surface area contributed by atoms with Gasteiger partial charge in [0, 0.05) is 19.2 Å². The summed E-state index contributed by atoms with van der Waals surface area (Å²) < 4.78 is 8.97. The fraction of sp³-hybridized carbons (Fsp3) is 0.167. The minimum atomic E-state index is 1.43. The summed E-state index contributed by atoms with van der Waals surface area (Å²) in [6.07, 6.45) is 0. The summed E-state index contributed by atoms with van der Waals surface area (Å²) in [4.78, 5) is 2.85. The maximum atomic E-state index is 2.32. The highest BCUT2D eigenvalue weighted by Gasteiger charge is 2.15. The Hall–Kier alpha value is -0.420. The van der Waals surface area contributed by atoms with Crippen LogP contribution >= 0.6 is 45.3 Å². The summed E-state index contributed by atoms with van der Waals surface area (Å²) in [5, 5.41) is 0. The second kappa shape index (κ2) is 3.07. The Bertz CT molecular complexity index is 751. The van der Waals surface area contributed by atoms with E-state index >= 15 is 0 Å². The van der Waals surface area contributed by atoms with E-state index in [2.05, 4.69) is 26.0 Å². The number of hydrogen-bond acceptors (Lipinski definition) is 4. The molecule has 0 bridgehead atoms. The van der Waals surface area contributed by atoms with E-state index < -0.39 is 0 Å². The topological polar surface area (TPSA) is 0 Å². The fourth-order valence-electron chi connectivity index (χ4n) is 2.06. The molecule has 0 aliphatic heterocycles. The highest BCUT2D eigenvalue weighted by atomic mass is 32.1. The monoisotopic (exact) mass is 280 g/mol. The predicted molar refractivity (Wildman–Crippen MR) is 79.9 cm³/mol. The summed E-state index contributed by atoms with van der Waals surface area (Å²) in [6, 6.07) is 4.65. The molecule has 0 saturated heterocycles. The second-order valence-corrected chi connectivity index (χ2v) is 8.58. The number of hydrogen-bond donors (Lipinski definition) is 0. The largest absolute Gasteiger partial charge is 0.138 e. The molecule has 0 saturated carbocycles. The smallest absolute Gasteiger partial charge is 0.0650 e. The molecule has 4 heterocycles. The van der Waals surface area contributed by atoms with Gasteiger partial charge in [-0.2, -0.15) is 0 Å².